The Kier molecular flexibility index (Phi) is 8.28. The van der Waals surface area contributed by atoms with Crippen molar-refractivity contribution in [2.45, 2.75) is 113 Å². The van der Waals surface area contributed by atoms with Crippen molar-refractivity contribution in [2.75, 3.05) is 20.5 Å². The molecule has 0 radical (unpaired) electrons. The smallest absolute Gasteiger partial charge is 0.192 e. The summed E-state index contributed by atoms with van der Waals surface area (Å²) in [6, 6.07) is 0. The molecular weight excluding hydrogens is 592 g/mol. The van der Waals surface area contributed by atoms with Gasteiger partial charge in [-0.1, -0.05) is 80.3 Å². The van der Waals surface area contributed by atoms with Gasteiger partial charge in [-0.2, -0.15) is 0 Å². The predicted molar refractivity (Wildman–Crippen MR) is 154 cm³/mol. The molecule has 0 heterocycles. The van der Waals surface area contributed by atoms with Gasteiger partial charge in [0.25, 0.3) is 0 Å². The molecule has 3 aliphatic carbocycles. The van der Waals surface area contributed by atoms with Gasteiger partial charge >= 0.3 is 0 Å². The fraction of sp³-hybridized carbons (Fsp3) is 1.00. The van der Waals surface area contributed by atoms with Gasteiger partial charge in [-0.25, -0.2) is 0 Å². The summed E-state index contributed by atoms with van der Waals surface area (Å²) in [5.74, 6) is 2.23. The molecule has 8 heteroatoms. The molecule has 3 rings (SSSR count). The Bertz CT molecular complexity index is 746. The minimum absolute atomic E-state index is 0.0286. The Balaban J connectivity index is 1.95. The summed E-state index contributed by atoms with van der Waals surface area (Å²) in [7, 11) is -2.12. The van der Waals surface area contributed by atoms with Crippen molar-refractivity contribution in [3.63, 3.8) is 0 Å². The summed E-state index contributed by atoms with van der Waals surface area (Å²) in [4.78, 5) is 0. The third-order valence-electron chi connectivity index (χ3n) is 10.2. The molecule has 0 spiro atoms. The van der Waals surface area contributed by atoms with Gasteiger partial charge in [0.15, 0.2) is 16.6 Å². The maximum absolute atomic E-state index is 7.25. The number of methoxy groups -OCH3 is 1. The molecule has 3 aliphatic rings. The number of ether oxygens (including phenoxy) is 2. The number of hydrogen-bond acceptors (Lipinski definition) is 4. The number of hydrogen-bond donors (Lipinski definition) is 0. The first-order valence-electron chi connectivity index (χ1n) is 13.0. The predicted octanol–water partition coefficient (Wildman–Crippen LogP) is 8.17. The van der Waals surface area contributed by atoms with Crippen LogP contribution in [0.3, 0.4) is 0 Å². The molecule has 0 unspecified atom stereocenters. The van der Waals surface area contributed by atoms with Gasteiger partial charge < -0.3 is 18.3 Å². The zero-order chi connectivity index (χ0) is 26.1. The van der Waals surface area contributed by atoms with Crippen molar-refractivity contribution >= 4 is 48.5 Å². The van der Waals surface area contributed by atoms with E-state index in [-0.39, 0.29) is 30.9 Å². The lowest BCUT2D eigenvalue weighted by molar-refractivity contribution is -0.184. The van der Waals surface area contributed by atoms with Crippen molar-refractivity contribution in [1.82, 2.24) is 0 Å². The maximum atomic E-state index is 7.25. The Morgan fingerprint density at radius 2 is 1.47 bits per heavy atom. The van der Waals surface area contributed by atoms with Gasteiger partial charge in [-0.15, -0.1) is 0 Å². The van der Waals surface area contributed by atoms with Crippen molar-refractivity contribution in [2.24, 2.45) is 29.1 Å². The summed E-state index contributed by atoms with van der Waals surface area (Å²) in [5.41, 5.74) is 0.0635. The summed E-state index contributed by atoms with van der Waals surface area (Å²) in [6.45, 7) is 27.1. The van der Waals surface area contributed by atoms with Crippen molar-refractivity contribution in [1.29, 1.82) is 0 Å². The Hall–Kier alpha value is 1.23. The molecule has 200 valence electrons. The van der Waals surface area contributed by atoms with Crippen LogP contribution in [0.25, 0.3) is 0 Å². The van der Waals surface area contributed by atoms with Crippen LogP contribution in [0.5, 0.6) is 0 Å². The van der Waals surface area contributed by atoms with Gasteiger partial charge in [-0.05, 0) is 78.2 Å². The third kappa shape index (κ3) is 5.23. The molecule has 3 fully saturated rings. The fourth-order valence-electron chi connectivity index (χ4n) is 6.04. The molecule has 7 atom stereocenters. The lowest BCUT2D eigenvalue weighted by atomic mass is 9.60. The van der Waals surface area contributed by atoms with Gasteiger partial charge in [-0.3, -0.25) is 0 Å². The van der Waals surface area contributed by atoms with Crippen LogP contribution in [-0.4, -0.2) is 52.6 Å². The highest BCUT2D eigenvalue weighted by molar-refractivity contribution is 9.25. The van der Waals surface area contributed by atoms with Crippen LogP contribution in [-0.2, 0) is 18.3 Å². The van der Waals surface area contributed by atoms with Crippen molar-refractivity contribution < 1.29 is 18.3 Å². The van der Waals surface area contributed by atoms with E-state index in [9.17, 15) is 0 Å². The fourth-order valence-corrected chi connectivity index (χ4v) is 10.3. The largest absolute Gasteiger partial charge is 0.417 e. The maximum Gasteiger partial charge on any atom is 0.192 e. The molecule has 34 heavy (non-hydrogen) atoms. The normalized spacial score (nSPS) is 37.9. The standard InChI is InChI=1S/C26H50Br2O4Si2/c1-23(2,3)33(9,10)31-15-17-13-19(30-16-29-8)22(32-34(11,12)24(4,5)6)25(7)14-18-21(20(17)25)26(18,27)28/h17-22H,13-16H2,1-12H3/t17-,18+,19-,20-,21+,22+,25+/m1/s1. The van der Waals surface area contributed by atoms with Crippen LogP contribution in [0.1, 0.15) is 61.3 Å². The van der Waals surface area contributed by atoms with Crippen molar-refractivity contribution in [3.05, 3.63) is 0 Å². The van der Waals surface area contributed by atoms with Gasteiger partial charge in [0.05, 0.1) is 15.4 Å². The summed E-state index contributed by atoms with van der Waals surface area (Å²) >= 11 is 8.07. The quantitative estimate of drug-likeness (QED) is 0.152. The van der Waals surface area contributed by atoms with E-state index in [0.717, 1.165) is 19.4 Å². The van der Waals surface area contributed by atoms with Crippen LogP contribution in [0.15, 0.2) is 0 Å². The lowest BCUT2D eigenvalue weighted by Gasteiger charge is -2.56. The highest BCUT2D eigenvalue weighted by atomic mass is 79.9. The van der Waals surface area contributed by atoms with Gasteiger partial charge in [0.2, 0.25) is 0 Å². The van der Waals surface area contributed by atoms with Gasteiger partial charge in [0.1, 0.15) is 6.79 Å². The first kappa shape index (κ1) is 29.8. The second-order valence-electron chi connectivity index (χ2n) is 14.5. The van der Waals surface area contributed by atoms with Crippen LogP contribution < -0.4 is 0 Å². The summed E-state index contributed by atoms with van der Waals surface area (Å²) in [6.07, 6.45) is 2.24. The van der Waals surface area contributed by atoms with E-state index < -0.39 is 16.6 Å². The molecule has 0 aromatic rings. The second kappa shape index (κ2) is 9.46. The van der Waals surface area contributed by atoms with Crippen LogP contribution in [0, 0.1) is 29.1 Å². The highest BCUT2D eigenvalue weighted by Crippen LogP contribution is 2.79. The van der Waals surface area contributed by atoms with Gasteiger partial charge in [0, 0.05) is 13.7 Å². The number of alkyl halides is 2. The zero-order valence-corrected chi connectivity index (χ0v) is 28.9. The van der Waals surface area contributed by atoms with E-state index in [0.29, 0.717) is 30.5 Å². The monoisotopic (exact) mass is 640 g/mol. The molecule has 0 aliphatic heterocycles. The Morgan fingerprint density at radius 3 is 1.97 bits per heavy atom. The summed E-state index contributed by atoms with van der Waals surface area (Å²) < 4.78 is 26.0. The Labute approximate surface area is 228 Å². The molecule has 0 aromatic heterocycles. The second-order valence-corrected chi connectivity index (χ2v) is 27.8. The van der Waals surface area contributed by atoms with E-state index in [2.05, 4.69) is 107 Å². The van der Waals surface area contributed by atoms with E-state index in [4.69, 9.17) is 18.3 Å². The molecule has 4 nitrogen and oxygen atoms in total. The average molecular weight is 643 g/mol. The Morgan fingerprint density at radius 1 is 0.912 bits per heavy atom. The van der Waals surface area contributed by atoms with Crippen LogP contribution in [0.2, 0.25) is 36.3 Å². The topological polar surface area (TPSA) is 36.9 Å². The number of fused-ring (bicyclic) bond motifs is 3. The molecule has 0 saturated heterocycles. The molecule has 0 bridgehead atoms. The molecule has 0 N–H and O–H groups in total. The van der Waals surface area contributed by atoms with E-state index in [1.807, 2.05) is 0 Å². The first-order chi connectivity index (χ1) is 15.2. The zero-order valence-electron chi connectivity index (χ0n) is 23.7. The van der Waals surface area contributed by atoms with Crippen LogP contribution in [0.4, 0.5) is 0 Å². The number of rotatable bonds is 8. The van der Waals surface area contributed by atoms with Crippen LogP contribution >= 0.6 is 31.9 Å². The van der Waals surface area contributed by atoms with E-state index in [1.54, 1.807) is 7.11 Å². The summed E-state index contributed by atoms with van der Waals surface area (Å²) in [5, 5.41) is 0.361. The molecule has 0 aromatic carbocycles. The first-order valence-corrected chi connectivity index (χ1v) is 20.4. The van der Waals surface area contributed by atoms with E-state index in [1.165, 1.54) is 0 Å². The third-order valence-corrected chi connectivity index (χ3v) is 21.4. The van der Waals surface area contributed by atoms with Crippen molar-refractivity contribution in [3.8, 4) is 0 Å². The minimum atomic E-state index is -1.99. The highest BCUT2D eigenvalue weighted by Gasteiger charge is 2.77. The SMILES string of the molecule is COCO[C@@H]1C[C@H](CO[Si](C)(C)C(C)(C)C)[C@@H]2[C@@H]3[C@H](C[C@]2(C)[C@H]1O[Si](C)(C)C(C)(C)C)C3(Br)Br. The molecular formula is C26H50Br2O4Si2. The minimum Gasteiger partial charge on any atom is -0.417 e. The average Bonchev–Trinajstić information content (AvgIpc) is 3.00. The molecule has 3 saturated carbocycles. The number of halogens is 2. The van der Waals surface area contributed by atoms with E-state index >= 15 is 0 Å². The lowest BCUT2D eigenvalue weighted by Crippen LogP contribution is -2.60. The molecule has 0 amide bonds.